The summed E-state index contributed by atoms with van der Waals surface area (Å²) in [7, 11) is 0. The van der Waals surface area contributed by atoms with Crippen LogP contribution in [0.1, 0.15) is 0 Å². The van der Waals surface area contributed by atoms with E-state index in [9.17, 15) is 0 Å². The normalized spacial score (nSPS) is 11.3. The molecule has 0 aliphatic heterocycles. The fourth-order valence-corrected chi connectivity index (χ4v) is 6.24. The standard InChI is InChI=1S/C44H28N4O/c1-4-12-30(13-5-1)41-46-42(31-14-6-2-7-15-31)48-43(47-41)37-21-11-20-35(27-37)33-18-10-19-34(26-33)36-23-22-29-24-25-39-40(38(29)28-36)49-44(45-39)32-16-8-3-9-17-32/h1-28H. The number of nitrogens with zero attached hydrogens (tertiary/aromatic N) is 4. The number of hydrogen-bond acceptors (Lipinski definition) is 5. The van der Waals surface area contributed by atoms with Gasteiger partial charge in [0.1, 0.15) is 5.52 Å². The van der Waals surface area contributed by atoms with Crippen LogP contribution in [0.25, 0.3) is 89.7 Å². The van der Waals surface area contributed by atoms with Gasteiger partial charge in [-0.25, -0.2) is 19.9 Å². The predicted molar refractivity (Wildman–Crippen MR) is 198 cm³/mol. The Morgan fingerprint density at radius 2 is 0.776 bits per heavy atom. The van der Waals surface area contributed by atoms with Crippen molar-refractivity contribution in [1.29, 1.82) is 0 Å². The van der Waals surface area contributed by atoms with E-state index in [-0.39, 0.29) is 0 Å². The number of benzene rings is 7. The van der Waals surface area contributed by atoms with Crippen molar-refractivity contribution in [2.24, 2.45) is 0 Å². The molecular weight excluding hydrogens is 601 g/mol. The van der Waals surface area contributed by atoms with E-state index in [1.807, 2.05) is 97.1 Å². The van der Waals surface area contributed by atoms with E-state index in [1.165, 1.54) is 0 Å². The van der Waals surface area contributed by atoms with Crippen molar-refractivity contribution >= 4 is 21.9 Å². The van der Waals surface area contributed by atoms with Crippen LogP contribution in [0, 0.1) is 0 Å². The first-order valence-electron chi connectivity index (χ1n) is 16.2. The average molecular weight is 629 g/mol. The third-order valence-corrected chi connectivity index (χ3v) is 8.74. The Morgan fingerprint density at radius 1 is 0.327 bits per heavy atom. The molecule has 0 saturated heterocycles. The van der Waals surface area contributed by atoms with Crippen molar-refractivity contribution < 1.29 is 4.42 Å². The summed E-state index contributed by atoms with van der Waals surface area (Å²) >= 11 is 0. The molecule has 5 nitrogen and oxygen atoms in total. The van der Waals surface area contributed by atoms with Crippen LogP contribution in [0.2, 0.25) is 0 Å². The van der Waals surface area contributed by atoms with Crippen molar-refractivity contribution in [2.45, 2.75) is 0 Å². The van der Waals surface area contributed by atoms with Crippen LogP contribution in [0.5, 0.6) is 0 Å². The van der Waals surface area contributed by atoms with Gasteiger partial charge in [0.2, 0.25) is 5.89 Å². The predicted octanol–water partition coefficient (Wildman–Crippen LogP) is 11.2. The van der Waals surface area contributed by atoms with Gasteiger partial charge >= 0.3 is 0 Å². The number of aromatic nitrogens is 4. The Labute approximate surface area is 283 Å². The van der Waals surface area contributed by atoms with Gasteiger partial charge in [-0.1, -0.05) is 133 Å². The van der Waals surface area contributed by atoms with E-state index in [1.54, 1.807) is 0 Å². The summed E-state index contributed by atoms with van der Waals surface area (Å²) in [6, 6.07) is 57.8. The molecule has 0 spiro atoms. The van der Waals surface area contributed by atoms with Crippen molar-refractivity contribution in [3.05, 3.63) is 170 Å². The van der Waals surface area contributed by atoms with E-state index in [4.69, 9.17) is 24.4 Å². The molecule has 0 radical (unpaired) electrons. The Hall–Kier alpha value is -6.72. The molecule has 0 N–H and O–H groups in total. The first kappa shape index (κ1) is 28.5. The van der Waals surface area contributed by atoms with Crippen LogP contribution in [-0.4, -0.2) is 19.9 Å². The maximum atomic E-state index is 6.35. The molecule has 49 heavy (non-hydrogen) atoms. The molecular formula is C44H28N4O. The highest BCUT2D eigenvalue weighted by molar-refractivity contribution is 6.05. The number of fused-ring (bicyclic) bond motifs is 3. The summed E-state index contributed by atoms with van der Waals surface area (Å²) in [4.78, 5) is 19.5. The zero-order valence-electron chi connectivity index (χ0n) is 26.4. The minimum Gasteiger partial charge on any atom is -0.435 e. The molecule has 2 aromatic heterocycles. The summed E-state index contributed by atoms with van der Waals surface area (Å²) in [5.41, 5.74) is 9.81. The first-order valence-corrected chi connectivity index (χ1v) is 16.2. The van der Waals surface area contributed by atoms with Gasteiger partial charge in [0.05, 0.1) is 0 Å². The van der Waals surface area contributed by atoms with Crippen LogP contribution in [0.3, 0.4) is 0 Å². The lowest BCUT2D eigenvalue weighted by molar-refractivity contribution is 0.623. The lowest BCUT2D eigenvalue weighted by Gasteiger charge is -2.11. The van der Waals surface area contributed by atoms with Crippen molar-refractivity contribution in [2.75, 3.05) is 0 Å². The van der Waals surface area contributed by atoms with Crippen molar-refractivity contribution in [3.63, 3.8) is 0 Å². The second-order valence-electron chi connectivity index (χ2n) is 11.9. The van der Waals surface area contributed by atoms with E-state index in [2.05, 4.69) is 72.8 Å². The third-order valence-electron chi connectivity index (χ3n) is 8.74. The van der Waals surface area contributed by atoms with Gasteiger partial charge in [-0.05, 0) is 64.0 Å². The highest BCUT2D eigenvalue weighted by atomic mass is 16.3. The fourth-order valence-electron chi connectivity index (χ4n) is 6.24. The maximum absolute atomic E-state index is 6.35. The molecule has 0 unspecified atom stereocenters. The lowest BCUT2D eigenvalue weighted by atomic mass is 9.96. The number of oxazole rings is 1. The summed E-state index contributed by atoms with van der Waals surface area (Å²) < 4.78 is 6.35. The SMILES string of the molecule is c1ccc(-c2nc(-c3ccccc3)nc(-c3cccc(-c4cccc(-c5ccc6ccc7nc(-c8ccccc8)oc7c6c5)c4)c3)n2)cc1. The molecule has 0 saturated carbocycles. The van der Waals surface area contributed by atoms with E-state index >= 15 is 0 Å². The largest absolute Gasteiger partial charge is 0.435 e. The minimum atomic E-state index is 0.625. The molecule has 9 aromatic rings. The summed E-state index contributed by atoms with van der Waals surface area (Å²) in [6.07, 6.45) is 0. The van der Waals surface area contributed by atoms with Gasteiger partial charge in [0, 0.05) is 27.6 Å². The number of rotatable bonds is 6. The highest BCUT2D eigenvalue weighted by Crippen LogP contribution is 2.35. The zero-order valence-corrected chi connectivity index (χ0v) is 26.4. The van der Waals surface area contributed by atoms with Crippen LogP contribution in [-0.2, 0) is 0 Å². The topological polar surface area (TPSA) is 64.7 Å². The Morgan fingerprint density at radius 3 is 1.37 bits per heavy atom. The molecule has 5 heteroatoms. The molecule has 0 aliphatic rings. The van der Waals surface area contributed by atoms with Crippen LogP contribution in [0.4, 0.5) is 0 Å². The van der Waals surface area contributed by atoms with Gasteiger partial charge in [0.25, 0.3) is 0 Å². The average Bonchev–Trinajstić information content (AvgIpc) is 3.64. The summed E-state index contributed by atoms with van der Waals surface area (Å²) in [5.74, 6) is 2.54. The molecule has 7 aromatic carbocycles. The van der Waals surface area contributed by atoms with Crippen LogP contribution >= 0.6 is 0 Å². The minimum absolute atomic E-state index is 0.625. The Bertz CT molecular complexity index is 2540. The molecule has 0 fully saturated rings. The maximum Gasteiger partial charge on any atom is 0.227 e. The van der Waals surface area contributed by atoms with Gasteiger partial charge in [-0.15, -0.1) is 0 Å². The Kier molecular flexibility index (Phi) is 7.06. The molecule has 230 valence electrons. The highest BCUT2D eigenvalue weighted by Gasteiger charge is 2.15. The smallest absolute Gasteiger partial charge is 0.227 e. The lowest BCUT2D eigenvalue weighted by Crippen LogP contribution is -2.00. The quantitative estimate of drug-likeness (QED) is 0.183. The molecule has 0 bridgehead atoms. The van der Waals surface area contributed by atoms with Crippen molar-refractivity contribution in [1.82, 2.24) is 19.9 Å². The second kappa shape index (κ2) is 12.1. The Balaban J connectivity index is 1.10. The van der Waals surface area contributed by atoms with Gasteiger partial charge in [-0.3, -0.25) is 0 Å². The zero-order chi connectivity index (χ0) is 32.6. The summed E-state index contributed by atoms with van der Waals surface area (Å²) in [5, 5.41) is 2.15. The monoisotopic (exact) mass is 628 g/mol. The fraction of sp³-hybridized carbons (Fsp3) is 0. The van der Waals surface area contributed by atoms with Gasteiger partial charge in [-0.2, -0.15) is 0 Å². The van der Waals surface area contributed by atoms with E-state index < -0.39 is 0 Å². The first-order chi connectivity index (χ1) is 24.2. The third kappa shape index (κ3) is 5.53. The molecule has 0 atom stereocenters. The summed E-state index contributed by atoms with van der Waals surface area (Å²) in [6.45, 7) is 0. The molecule has 0 aliphatic carbocycles. The molecule has 0 amide bonds. The molecule has 2 heterocycles. The second-order valence-corrected chi connectivity index (χ2v) is 11.9. The van der Waals surface area contributed by atoms with Crippen LogP contribution < -0.4 is 0 Å². The van der Waals surface area contributed by atoms with Gasteiger partial charge in [0.15, 0.2) is 23.1 Å². The van der Waals surface area contributed by atoms with E-state index in [0.717, 1.165) is 66.4 Å². The van der Waals surface area contributed by atoms with Gasteiger partial charge < -0.3 is 4.42 Å². The van der Waals surface area contributed by atoms with E-state index in [0.29, 0.717) is 23.4 Å². The number of hydrogen-bond donors (Lipinski definition) is 0. The molecule has 9 rings (SSSR count). The van der Waals surface area contributed by atoms with Crippen molar-refractivity contribution in [3.8, 4) is 67.9 Å². The van der Waals surface area contributed by atoms with Crippen LogP contribution in [0.15, 0.2) is 174 Å².